The van der Waals surface area contributed by atoms with Gasteiger partial charge in [-0.05, 0) is 61.0 Å². The van der Waals surface area contributed by atoms with E-state index in [1.807, 2.05) is 12.1 Å². The van der Waals surface area contributed by atoms with Crippen LogP contribution in [0.2, 0.25) is 0 Å². The standard InChI is InChI=1S/C15H21NO.ClH/c1-10-12-5-4-11(17)8-13(12)15(2)6-7-16(3)14(10)9-15;/h4-5,8,10,14,17H,6-7,9H2,1-3H3;1H. The number of nitrogens with zero attached hydrogens (tertiary/aromatic N) is 1. The minimum Gasteiger partial charge on any atom is -0.508 e. The number of benzene rings is 1. The topological polar surface area (TPSA) is 23.5 Å². The van der Waals surface area contributed by atoms with Crippen molar-refractivity contribution in [3.63, 3.8) is 0 Å². The molecule has 3 heteroatoms. The first-order valence-electron chi connectivity index (χ1n) is 6.55. The van der Waals surface area contributed by atoms with Gasteiger partial charge in [-0.1, -0.05) is 19.9 Å². The Hall–Kier alpha value is -0.730. The average Bonchev–Trinajstić information content (AvgIpc) is 2.31. The van der Waals surface area contributed by atoms with Crippen molar-refractivity contribution in [2.45, 2.75) is 44.1 Å². The predicted molar refractivity (Wildman–Crippen MR) is 76.8 cm³/mol. The summed E-state index contributed by atoms with van der Waals surface area (Å²) in [5, 5.41) is 9.73. The smallest absolute Gasteiger partial charge is 0.115 e. The Morgan fingerprint density at radius 3 is 2.83 bits per heavy atom. The Kier molecular flexibility index (Phi) is 3.37. The van der Waals surface area contributed by atoms with Crippen molar-refractivity contribution in [1.82, 2.24) is 4.90 Å². The molecule has 1 heterocycles. The number of phenols is 1. The van der Waals surface area contributed by atoms with Crippen molar-refractivity contribution in [3.05, 3.63) is 29.3 Å². The molecule has 3 rings (SSSR count). The van der Waals surface area contributed by atoms with Crippen molar-refractivity contribution in [2.75, 3.05) is 13.6 Å². The lowest BCUT2D eigenvalue weighted by Crippen LogP contribution is -2.51. The summed E-state index contributed by atoms with van der Waals surface area (Å²) in [7, 11) is 2.24. The Bertz CT molecular complexity index is 462. The highest BCUT2D eigenvalue weighted by Gasteiger charge is 2.44. The van der Waals surface area contributed by atoms with E-state index in [1.165, 1.54) is 30.5 Å². The molecular formula is C15H22ClNO. The molecule has 1 aliphatic heterocycles. The molecule has 0 saturated carbocycles. The molecular weight excluding hydrogens is 246 g/mol. The zero-order valence-electron chi connectivity index (χ0n) is 11.3. The minimum atomic E-state index is 0. The van der Waals surface area contributed by atoms with Crippen molar-refractivity contribution < 1.29 is 5.11 Å². The van der Waals surface area contributed by atoms with Gasteiger partial charge in [0, 0.05) is 6.04 Å². The molecule has 1 N–H and O–H groups in total. The number of hydrogen-bond acceptors (Lipinski definition) is 2. The molecule has 1 fully saturated rings. The first kappa shape index (κ1) is 13.7. The Morgan fingerprint density at radius 2 is 2.11 bits per heavy atom. The van der Waals surface area contributed by atoms with Crippen LogP contribution in [0.15, 0.2) is 18.2 Å². The maximum absolute atomic E-state index is 9.73. The molecule has 2 bridgehead atoms. The summed E-state index contributed by atoms with van der Waals surface area (Å²) in [5.74, 6) is 0.985. The first-order chi connectivity index (χ1) is 8.01. The molecule has 2 nitrogen and oxygen atoms in total. The van der Waals surface area contributed by atoms with Crippen LogP contribution in [0, 0.1) is 0 Å². The van der Waals surface area contributed by atoms with Crippen LogP contribution < -0.4 is 0 Å². The van der Waals surface area contributed by atoms with Gasteiger partial charge in [0.05, 0.1) is 0 Å². The van der Waals surface area contributed by atoms with Gasteiger partial charge < -0.3 is 10.0 Å². The van der Waals surface area contributed by atoms with Crippen molar-refractivity contribution >= 4 is 12.4 Å². The van der Waals surface area contributed by atoms with Gasteiger partial charge in [0.25, 0.3) is 0 Å². The van der Waals surface area contributed by atoms with Gasteiger partial charge in [-0.15, -0.1) is 12.4 Å². The van der Waals surface area contributed by atoms with E-state index >= 15 is 0 Å². The second-order valence-corrected chi connectivity index (χ2v) is 6.12. The number of halogens is 1. The molecule has 0 radical (unpaired) electrons. The molecule has 1 aromatic rings. The van der Waals surface area contributed by atoms with E-state index in [4.69, 9.17) is 0 Å². The van der Waals surface area contributed by atoms with Crippen LogP contribution in [0.1, 0.15) is 43.7 Å². The summed E-state index contributed by atoms with van der Waals surface area (Å²) in [4.78, 5) is 2.50. The van der Waals surface area contributed by atoms with Gasteiger partial charge in [-0.3, -0.25) is 0 Å². The molecule has 1 aliphatic carbocycles. The largest absolute Gasteiger partial charge is 0.508 e. The highest BCUT2D eigenvalue weighted by molar-refractivity contribution is 5.85. The third-order valence-corrected chi connectivity index (χ3v) is 5.00. The SMILES string of the molecule is CC1c2ccc(O)cc2C2(C)CCN(C)C1C2.Cl. The molecule has 2 aliphatic rings. The Balaban J connectivity index is 0.00000120. The fourth-order valence-corrected chi connectivity index (χ4v) is 3.78. The molecule has 3 atom stereocenters. The molecule has 0 amide bonds. The summed E-state index contributed by atoms with van der Waals surface area (Å²) in [5.41, 5.74) is 3.08. The molecule has 1 aromatic carbocycles. The monoisotopic (exact) mass is 267 g/mol. The lowest BCUT2D eigenvalue weighted by Gasteiger charge is -2.51. The second kappa shape index (κ2) is 4.43. The van der Waals surface area contributed by atoms with Crippen LogP contribution in [0.5, 0.6) is 5.75 Å². The van der Waals surface area contributed by atoms with E-state index in [2.05, 4.69) is 31.9 Å². The van der Waals surface area contributed by atoms with Gasteiger partial charge in [0.1, 0.15) is 5.75 Å². The van der Waals surface area contributed by atoms with Crippen molar-refractivity contribution in [1.29, 1.82) is 0 Å². The van der Waals surface area contributed by atoms with E-state index in [1.54, 1.807) is 0 Å². The van der Waals surface area contributed by atoms with Gasteiger partial charge in [0.2, 0.25) is 0 Å². The Morgan fingerprint density at radius 1 is 1.39 bits per heavy atom. The van der Waals surface area contributed by atoms with Crippen LogP contribution >= 0.6 is 12.4 Å². The first-order valence-corrected chi connectivity index (χ1v) is 6.55. The summed E-state index contributed by atoms with van der Waals surface area (Å²) in [6, 6.07) is 6.61. The van der Waals surface area contributed by atoms with Gasteiger partial charge >= 0.3 is 0 Å². The fraction of sp³-hybridized carbons (Fsp3) is 0.600. The number of fused-ring (bicyclic) bond motifs is 4. The highest BCUT2D eigenvalue weighted by atomic mass is 35.5. The average molecular weight is 268 g/mol. The third kappa shape index (κ3) is 1.83. The number of piperidine rings is 1. The number of hydrogen-bond donors (Lipinski definition) is 1. The summed E-state index contributed by atoms with van der Waals surface area (Å²) in [6.07, 6.45) is 2.42. The summed E-state index contributed by atoms with van der Waals surface area (Å²) in [6.45, 7) is 5.85. The number of likely N-dealkylation sites (N-methyl/N-ethyl adjacent to an activating group) is 1. The number of phenolic OH excluding ortho intramolecular Hbond substituents is 1. The van der Waals surface area contributed by atoms with Gasteiger partial charge in [-0.25, -0.2) is 0 Å². The quantitative estimate of drug-likeness (QED) is 0.780. The zero-order chi connectivity index (χ0) is 12.2. The molecule has 3 unspecified atom stereocenters. The summed E-state index contributed by atoms with van der Waals surface area (Å²) < 4.78 is 0. The molecule has 100 valence electrons. The second-order valence-electron chi connectivity index (χ2n) is 6.12. The number of likely N-dealkylation sites (tertiary alicyclic amines) is 1. The summed E-state index contributed by atoms with van der Waals surface area (Å²) >= 11 is 0. The Labute approximate surface area is 115 Å². The van der Waals surface area contributed by atoms with E-state index in [9.17, 15) is 5.11 Å². The van der Waals surface area contributed by atoms with Gasteiger partial charge in [0.15, 0.2) is 0 Å². The maximum atomic E-state index is 9.73. The van der Waals surface area contributed by atoms with Crippen molar-refractivity contribution in [2.24, 2.45) is 0 Å². The molecule has 0 spiro atoms. The maximum Gasteiger partial charge on any atom is 0.115 e. The predicted octanol–water partition coefficient (Wildman–Crippen LogP) is 3.28. The van der Waals surface area contributed by atoms with Crippen molar-refractivity contribution in [3.8, 4) is 5.75 Å². The van der Waals surface area contributed by atoms with Crippen LogP contribution in [0.4, 0.5) is 0 Å². The van der Waals surface area contributed by atoms with E-state index in [0.717, 1.165) is 0 Å². The van der Waals surface area contributed by atoms with Crippen LogP contribution in [-0.2, 0) is 5.41 Å². The van der Waals surface area contributed by atoms with Crippen LogP contribution in [0.3, 0.4) is 0 Å². The lowest BCUT2D eigenvalue weighted by molar-refractivity contribution is 0.0950. The molecule has 18 heavy (non-hydrogen) atoms. The number of rotatable bonds is 0. The van der Waals surface area contributed by atoms with E-state index in [0.29, 0.717) is 17.7 Å². The van der Waals surface area contributed by atoms with Crippen LogP contribution in [0.25, 0.3) is 0 Å². The fourth-order valence-electron chi connectivity index (χ4n) is 3.78. The lowest BCUT2D eigenvalue weighted by atomic mass is 9.62. The molecule has 0 aromatic heterocycles. The zero-order valence-corrected chi connectivity index (χ0v) is 12.1. The minimum absolute atomic E-state index is 0. The highest BCUT2D eigenvalue weighted by Crippen LogP contribution is 2.49. The van der Waals surface area contributed by atoms with E-state index in [-0.39, 0.29) is 17.8 Å². The molecule has 1 saturated heterocycles. The van der Waals surface area contributed by atoms with E-state index < -0.39 is 0 Å². The number of aromatic hydroxyl groups is 1. The third-order valence-electron chi connectivity index (χ3n) is 5.00. The normalized spacial score (nSPS) is 34.6. The van der Waals surface area contributed by atoms with Crippen LogP contribution in [-0.4, -0.2) is 29.6 Å². The van der Waals surface area contributed by atoms with Gasteiger partial charge in [-0.2, -0.15) is 0 Å².